The Hall–Kier alpha value is -2.80. The zero-order valence-corrected chi connectivity index (χ0v) is 17.5. The third-order valence-electron chi connectivity index (χ3n) is 4.27. The molecule has 1 saturated heterocycles. The van der Waals surface area contributed by atoms with E-state index in [2.05, 4.69) is 21.2 Å². The largest absolute Gasteiger partial charge is 0.492 e. The number of halogens is 1. The van der Waals surface area contributed by atoms with Crippen molar-refractivity contribution >= 4 is 33.9 Å². The van der Waals surface area contributed by atoms with E-state index in [9.17, 15) is 9.59 Å². The summed E-state index contributed by atoms with van der Waals surface area (Å²) in [5.41, 5.74) is 2.94. The molecule has 0 aliphatic carbocycles. The quantitative estimate of drug-likeness (QED) is 0.533. The molecule has 0 bridgehead atoms. The van der Waals surface area contributed by atoms with E-state index in [0.717, 1.165) is 11.1 Å². The van der Waals surface area contributed by atoms with Gasteiger partial charge in [0.1, 0.15) is 5.70 Å². The Kier molecular flexibility index (Phi) is 6.04. The van der Waals surface area contributed by atoms with E-state index in [-0.39, 0.29) is 18.1 Å². The fraction of sp³-hybridized carbons (Fsp3) is 0.238. The number of hydrogen-bond donors (Lipinski definition) is 1. The molecule has 0 aromatic heterocycles. The van der Waals surface area contributed by atoms with Crippen LogP contribution in [-0.4, -0.2) is 30.6 Å². The lowest BCUT2D eigenvalue weighted by Crippen LogP contribution is -2.30. The van der Waals surface area contributed by atoms with Crippen LogP contribution in [0, 0.1) is 6.92 Å². The summed E-state index contributed by atoms with van der Waals surface area (Å²) in [7, 11) is 1.56. The highest BCUT2D eigenvalue weighted by Gasteiger charge is 2.33. The first-order valence-corrected chi connectivity index (χ1v) is 9.62. The Labute approximate surface area is 172 Å². The average molecular weight is 445 g/mol. The number of benzene rings is 2. The number of nitrogens with zero attached hydrogens (tertiary/aromatic N) is 1. The van der Waals surface area contributed by atoms with Crippen LogP contribution < -0.4 is 14.8 Å². The zero-order chi connectivity index (χ0) is 20.3. The first kappa shape index (κ1) is 19.9. The van der Waals surface area contributed by atoms with E-state index < -0.39 is 6.03 Å². The number of rotatable bonds is 6. The van der Waals surface area contributed by atoms with Crippen LogP contribution in [0.4, 0.5) is 4.79 Å². The van der Waals surface area contributed by atoms with E-state index in [1.165, 1.54) is 4.90 Å². The van der Waals surface area contributed by atoms with Crippen molar-refractivity contribution in [1.29, 1.82) is 0 Å². The monoisotopic (exact) mass is 444 g/mol. The fourth-order valence-electron chi connectivity index (χ4n) is 2.89. The highest BCUT2D eigenvalue weighted by molar-refractivity contribution is 9.10. The standard InChI is InChI=1S/C21H21BrN2O4/c1-4-28-18-11-15(9-16(22)19(18)27-3)10-17-20(25)24(21(26)23-17)12-14-7-5-13(2)6-8-14/h5-11H,4,12H2,1-3H3,(H,23,26)/b17-10+. The van der Waals surface area contributed by atoms with Crippen molar-refractivity contribution in [3.63, 3.8) is 0 Å². The molecule has 28 heavy (non-hydrogen) atoms. The summed E-state index contributed by atoms with van der Waals surface area (Å²) in [4.78, 5) is 26.2. The molecule has 1 fully saturated rings. The molecule has 0 radical (unpaired) electrons. The molecule has 0 saturated carbocycles. The van der Waals surface area contributed by atoms with Crippen molar-refractivity contribution in [2.75, 3.05) is 13.7 Å². The maximum Gasteiger partial charge on any atom is 0.329 e. The minimum absolute atomic E-state index is 0.219. The van der Waals surface area contributed by atoms with Gasteiger partial charge in [0, 0.05) is 0 Å². The summed E-state index contributed by atoms with van der Waals surface area (Å²) in [5, 5.41) is 2.64. The summed E-state index contributed by atoms with van der Waals surface area (Å²) in [6.45, 7) is 4.56. The van der Waals surface area contributed by atoms with Crippen LogP contribution in [0.25, 0.3) is 6.08 Å². The van der Waals surface area contributed by atoms with Gasteiger partial charge in [-0.2, -0.15) is 0 Å². The van der Waals surface area contributed by atoms with Gasteiger partial charge < -0.3 is 14.8 Å². The second-order valence-corrected chi connectivity index (χ2v) is 7.19. The van der Waals surface area contributed by atoms with Crippen LogP contribution in [0.1, 0.15) is 23.6 Å². The van der Waals surface area contributed by atoms with E-state index >= 15 is 0 Å². The normalized spacial score (nSPS) is 15.1. The van der Waals surface area contributed by atoms with E-state index in [4.69, 9.17) is 9.47 Å². The van der Waals surface area contributed by atoms with Crippen LogP contribution in [0.15, 0.2) is 46.6 Å². The van der Waals surface area contributed by atoms with Gasteiger partial charge in [-0.25, -0.2) is 4.79 Å². The number of nitrogens with one attached hydrogen (secondary N) is 1. The Morgan fingerprint density at radius 3 is 2.54 bits per heavy atom. The van der Waals surface area contributed by atoms with Crippen molar-refractivity contribution in [3.8, 4) is 11.5 Å². The SMILES string of the molecule is CCOc1cc(/C=C2/NC(=O)N(Cc3ccc(C)cc3)C2=O)cc(Br)c1OC. The molecule has 1 heterocycles. The zero-order valence-electron chi connectivity index (χ0n) is 15.9. The van der Waals surface area contributed by atoms with E-state index in [1.54, 1.807) is 25.3 Å². The maximum atomic E-state index is 12.7. The molecule has 1 aliphatic heterocycles. The summed E-state index contributed by atoms with van der Waals surface area (Å²) in [5.74, 6) is 0.766. The number of carbonyl (C=O) groups is 2. The van der Waals surface area contributed by atoms with Crippen molar-refractivity contribution in [2.45, 2.75) is 20.4 Å². The lowest BCUT2D eigenvalue weighted by molar-refractivity contribution is -0.123. The molecule has 3 amide bonds. The van der Waals surface area contributed by atoms with Gasteiger partial charge in [-0.1, -0.05) is 29.8 Å². The Morgan fingerprint density at radius 1 is 1.18 bits per heavy atom. The fourth-order valence-corrected chi connectivity index (χ4v) is 3.51. The molecule has 2 aromatic carbocycles. The summed E-state index contributed by atoms with van der Waals surface area (Å²) in [6, 6.07) is 10.9. The molecule has 0 spiro atoms. The van der Waals surface area contributed by atoms with E-state index in [0.29, 0.717) is 28.1 Å². The topological polar surface area (TPSA) is 67.9 Å². The molecular formula is C21H21BrN2O4. The van der Waals surface area contributed by atoms with Crippen LogP contribution in [0.2, 0.25) is 0 Å². The lowest BCUT2D eigenvalue weighted by atomic mass is 10.1. The van der Waals surface area contributed by atoms with Gasteiger partial charge in [-0.05, 0) is 59.1 Å². The molecule has 0 unspecified atom stereocenters. The second kappa shape index (κ2) is 8.48. The number of amides is 3. The number of imide groups is 1. The third-order valence-corrected chi connectivity index (χ3v) is 4.86. The average Bonchev–Trinajstić information content (AvgIpc) is 2.91. The maximum absolute atomic E-state index is 12.7. The molecule has 1 N–H and O–H groups in total. The molecule has 146 valence electrons. The van der Waals surface area contributed by atoms with Crippen LogP contribution in [-0.2, 0) is 11.3 Å². The van der Waals surface area contributed by atoms with Gasteiger partial charge in [-0.3, -0.25) is 9.69 Å². The van der Waals surface area contributed by atoms with Crippen LogP contribution >= 0.6 is 15.9 Å². The highest BCUT2D eigenvalue weighted by Crippen LogP contribution is 2.37. The van der Waals surface area contributed by atoms with Crippen molar-refractivity contribution in [2.24, 2.45) is 0 Å². The van der Waals surface area contributed by atoms with Crippen molar-refractivity contribution < 1.29 is 19.1 Å². The number of aryl methyl sites for hydroxylation is 1. The molecular weight excluding hydrogens is 424 g/mol. The molecule has 1 aliphatic rings. The van der Waals surface area contributed by atoms with Gasteiger partial charge in [0.15, 0.2) is 11.5 Å². The predicted molar refractivity (Wildman–Crippen MR) is 110 cm³/mol. The minimum Gasteiger partial charge on any atom is -0.492 e. The molecule has 0 atom stereocenters. The lowest BCUT2D eigenvalue weighted by Gasteiger charge is -2.12. The molecule has 3 rings (SSSR count). The summed E-state index contributed by atoms with van der Waals surface area (Å²) >= 11 is 3.45. The van der Waals surface area contributed by atoms with Crippen molar-refractivity contribution in [1.82, 2.24) is 10.2 Å². The van der Waals surface area contributed by atoms with Gasteiger partial charge in [0.05, 0.1) is 24.7 Å². The third kappa shape index (κ3) is 4.20. The summed E-state index contributed by atoms with van der Waals surface area (Å²) in [6.07, 6.45) is 1.63. The van der Waals surface area contributed by atoms with Crippen molar-refractivity contribution in [3.05, 3.63) is 63.3 Å². The Balaban J connectivity index is 1.86. The number of urea groups is 1. The first-order valence-electron chi connectivity index (χ1n) is 8.83. The molecule has 7 heteroatoms. The molecule has 6 nitrogen and oxygen atoms in total. The summed E-state index contributed by atoms with van der Waals surface area (Å²) < 4.78 is 11.6. The number of methoxy groups -OCH3 is 1. The number of hydrogen-bond acceptors (Lipinski definition) is 4. The van der Waals surface area contributed by atoms with Crippen LogP contribution in [0.3, 0.4) is 0 Å². The molecule has 2 aromatic rings. The van der Waals surface area contributed by atoms with Gasteiger partial charge in [0.2, 0.25) is 0 Å². The van der Waals surface area contributed by atoms with Crippen LogP contribution in [0.5, 0.6) is 11.5 Å². The second-order valence-electron chi connectivity index (χ2n) is 6.33. The smallest absolute Gasteiger partial charge is 0.329 e. The highest BCUT2D eigenvalue weighted by atomic mass is 79.9. The minimum atomic E-state index is -0.436. The Morgan fingerprint density at radius 2 is 1.89 bits per heavy atom. The predicted octanol–water partition coefficient (Wildman–Crippen LogP) is 4.26. The number of carbonyl (C=O) groups excluding carboxylic acids is 2. The first-order chi connectivity index (χ1) is 13.4. The van der Waals surface area contributed by atoms with Gasteiger partial charge in [-0.15, -0.1) is 0 Å². The Bertz CT molecular complexity index is 938. The van der Waals surface area contributed by atoms with Gasteiger partial charge in [0.25, 0.3) is 5.91 Å². The number of ether oxygens (including phenoxy) is 2. The van der Waals surface area contributed by atoms with Gasteiger partial charge >= 0.3 is 6.03 Å². The van der Waals surface area contributed by atoms with E-state index in [1.807, 2.05) is 38.1 Å².